The molecule has 0 aliphatic carbocycles. The first-order valence-electron chi connectivity index (χ1n) is 13.0. The number of halogens is 5. The molecule has 1 aliphatic heterocycles. The molecule has 1 saturated heterocycles. The van der Waals surface area contributed by atoms with Gasteiger partial charge in [0.15, 0.2) is 17.7 Å². The highest BCUT2D eigenvalue weighted by molar-refractivity contribution is 5.81. The van der Waals surface area contributed by atoms with Crippen LogP contribution >= 0.6 is 0 Å². The van der Waals surface area contributed by atoms with Crippen molar-refractivity contribution in [3.05, 3.63) is 101 Å². The molecule has 0 unspecified atom stereocenters. The topological polar surface area (TPSA) is 50.8 Å². The molecular weight excluding hydrogens is 531 g/mol. The van der Waals surface area contributed by atoms with Gasteiger partial charge < -0.3 is 14.8 Å². The van der Waals surface area contributed by atoms with Crippen molar-refractivity contribution < 1.29 is 36.2 Å². The van der Waals surface area contributed by atoms with Crippen molar-refractivity contribution in [2.24, 2.45) is 0 Å². The third-order valence-electron chi connectivity index (χ3n) is 6.58. The van der Waals surface area contributed by atoms with E-state index in [-0.39, 0.29) is 30.5 Å². The van der Waals surface area contributed by atoms with Crippen molar-refractivity contribution in [2.75, 3.05) is 19.7 Å². The second-order valence-corrected chi connectivity index (χ2v) is 9.92. The van der Waals surface area contributed by atoms with Gasteiger partial charge in [-0.05, 0) is 55.2 Å². The predicted octanol–water partition coefficient (Wildman–Crippen LogP) is 6.04. The highest BCUT2D eigenvalue weighted by Crippen LogP contribution is 2.29. The maximum absolute atomic E-state index is 13.9. The van der Waals surface area contributed by atoms with Crippen molar-refractivity contribution in [1.29, 1.82) is 0 Å². The molecule has 1 fully saturated rings. The number of aryl methyl sites for hydroxylation is 1. The fourth-order valence-corrected chi connectivity index (χ4v) is 4.63. The molecule has 0 bridgehead atoms. The first-order chi connectivity index (χ1) is 19.1. The Bertz CT molecular complexity index is 1290. The zero-order valence-corrected chi connectivity index (χ0v) is 22.0. The molecule has 3 aromatic rings. The average Bonchev–Trinajstić information content (AvgIpc) is 3.42. The molecule has 1 heterocycles. The SMILES string of the molecule is Cc1cccc(CN(C[C@@H]2CCCO2)C[C@H](Oc2ccc(F)c(F)c2)C(=O)NCc2cccc(C(F)(F)F)c2)c1. The number of carbonyl (C=O) groups excluding carboxylic acids is 1. The van der Waals surface area contributed by atoms with E-state index in [1.165, 1.54) is 18.2 Å². The number of rotatable bonds is 11. The van der Waals surface area contributed by atoms with E-state index in [2.05, 4.69) is 5.32 Å². The summed E-state index contributed by atoms with van der Waals surface area (Å²) in [5.41, 5.74) is 1.51. The van der Waals surface area contributed by atoms with Gasteiger partial charge >= 0.3 is 6.18 Å². The molecule has 1 amide bonds. The number of ether oxygens (including phenoxy) is 2. The lowest BCUT2D eigenvalue weighted by Crippen LogP contribution is -2.47. The Morgan fingerprint density at radius 3 is 2.52 bits per heavy atom. The fraction of sp³-hybridized carbons (Fsp3) is 0.367. The number of nitrogens with one attached hydrogen (secondary N) is 1. The summed E-state index contributed by atoms with van der Waals surface area (Å²) in [7, 11) is 0. The molecule has 0 saturated carbocycles. The third-order valence-corrected chi connectivity index (χ3v) is 6.58. The Hall–Kier alpha value is -3.50. The Morgan fingerprint density at radius 2 is 1.82 bits per heavy atom. The van der Waals surface area contributed by atoms with E-state index in [1.54, 1.807) is 0 Å². The highest BCUT2D eigenvalue weighted by atomic mass is 19.4. The Kier molecular flexibility index (Phi) is 9.76. The number of amides is 1. The molecule has 0 spiro atoms. The van der Waals surface area contributed by atoms with Crippen LogP contribution in [-0.2, 0) is 28.8 Å². The van der Waals surface area contributed by atoms with Crippen LogP contribution < -0.4 is 10.1 Å². The van der Waals surface area contributed by atoms with Crippen LogP contribution in [-0.4, -0.2) is 42.7 Å². The number of benzene rings is 3. The number of carbonyl (C=O) groups is 1. The first kappa shape index (κ1) is 29.5. The zero-order chi connectivity index (χ0) is 28.7. The predicted molar refractivity (Wildman–Crippen MR) is 139 cm³/mol. The lowest BCUT2D eigenvalue weighted by molar-refractivity contribution is -0.137. The molecule has 1 aliphatic rings. The van der Waals surface area contributed by atoms with Crippen LogP contribution in [0.2, 0.25) is 0 Å². The van der Waals surface area contributed by atoms with E-state index in [0.717, 1.165) is 48.2 Å². The van der Waals surface area contributed by atoms with Crippen molar-refractivity contribution in [3.8, 4) is 5.75 Å². The molecule has 40 heavy (non-hydrogen) atoms. The average molecular weight is 563 g/mol. The van der Waals surface area contributed by atoms with Crippen LogP contribution in [0.25, 0.3) is 0 Å². The minimum absolute atomic E-state index is 0.0399. The Balaban J connectivity index is 1.54. The maximum Gasteiger partial charge on any atom is 0.416 e. The van der Waals surface area contributed by atoms with Gasteiger partial charge in [-0.25, -0.2) is 8.78 Å². The normalized spacial score (nSPS) is 16.2. The van der Waals surface area contributed by atoms with Crippen LogP contribution in [0.1, 0.15) is 35.1 Å². The van der Waals surface area contributed by atoms with E-state index in [1.807, 2.05) is 36.1 Å². The van der Waals surface area contributed by atoms with Crippen LogP contribution in [0.4, 0.5) is 22.0 Å². The summed E-state index contributed by atoms with van der Waals surface area (Å²) in [6.07, 6.45) is -3.95. The van der Waals surface area contributed by atoms with Crippen molar-refractivity contribution in [3.63, 3.8) is 0 Å². The van der Waals surface area contributed by atoms with Gasteiger partial charge in [-0.2, -0.15) is 13.2 Å². The van der Waals surface area contributed by atoms with Gasteiger partial charge in [-0.1, -0.05) is 42.0 Å². The van der Waals surface area contributed by atoms with Gasteiger partial charge in [0.2, 0.25) is 0 Å². The van der Waals surface area contributed by atoms with Crippen LogP contribution in [0, 0.1) is 18.6 Å². The molecule has 0 aromatic heterocycles. The summed E-state index contributed by atoms with van der Waals surface area (Å²) >= 11 is 0. The monoisotopic (exact) mass is 562 g/mol. The smallest absolute Gasteiger partial charge is 0.416 e. The summed E-state index contributed by atoms with van der Waals surface area (Å²) in [4.78, 5) is 15.3. The second kappa shape index (κ2) is 13.2. The molecule has 10 heteroatoms. The van der Waals surface area contributed by atoms with E-state index in [9.17, 15) is 26.7 Å². The minimum atomic E-state index is -4.52. The van der Waals surface area contributed by atoms with E-state index >= 15 is 0 Å². The lowest BCUT2D eigenvalue weighted by atomic mass is 10.1. The molecule has 3 aromatic carbocycles. The number of alkyl halides is 3. The lowest BCUT2D eigenvalue weighted by Gasteiger charge is -2.29. The van der Waals surface area contributed by atoms with Gasteiger partial charge in [0.05, 0.1) is 11.7 Å². The largest absolute Gasteiger partial charge is 0.479 e. The number of hydrogen-bond donors (Lipinski definition) is 1. The summed E-state index contributed by atoms with van der Waals surface area (Å²) < 4.78 is 78.5. The van der Waals surface area contributed by atoms with Crippen LogP contribution in [0.3, 0.4) is 0 Å². The standard InChI is InChI=1S/C30H31F5N2O3/c1-20-5-2-7-22(13-20)17-37(18-25-9-4-12-39-25)19-28(40-24-10-11-26(31)27(32)15-24)29(38)36-16-21-6-3-8-23(14-21)30(33,34)35/h2-3,5-8,10-11,13-15,25,28H,4,9,12,16-19H2,1H3,(H,36,38)/t25-,28-/m0/s1. The molecule has 5 nitrogen and oxygen atoms in total. The summed E-state index contributed by atoms with van der Waals surface area (Å²) in [6.45, 7) is 3.50. The van der Waals surface area contributed by atoms with Crippen molar-refractivity contribution in [2.45, 2.75) is 51.2 Å². The van der Waals surface area contributed by atoms with Crippen molar-refractivity contribution in [1.82, 2.24) is 10.2 Å². The number of nitrogens with zero attached hydrogens (tertiary/aromatic N) is 1. The third kappa shape index (κ3) is 8.50. The van der Waals surface area contributed by atoms with Crippen LogP contribution in [0.5, 0.6) is 5.75 Å². The van der Waals surface area contributed by atoms with Crippen molar-refractivity contribution >= 4 is 5.91 Å². The number of hydrogen-bond acceptors (Lipinski definition) is 4. The van der Waals surface area contributed by atoms with Gasteiger partial charge in [0, 0.05) is 38.9 Å². The Morgan fingerprint density at radius 1 is 1.05 bits per heavy atom. The second-order valence-electron chi connectivity index (χ2n) is 9.92. The van der Waals surface area contributed by atoms with E-state index in [4.69, 9.17) is 9.47 Å². The molecule has 4 rings (SSSR count). The molecular formula is C30H31F5N2O3. The van der Waals surface area contributed by atoms with Gasteiger partial charge in [0.1, 0.15) is 5.75 Å². The molecule has 0 radical (unpaired) electrons. The van der Waals surface area contributed by atoms with E-state index in [0.29, 0.717) is 19.7 Å². The summed E-state index contributed by atoms with van der Waals surface area (Å²) in [5, 5.41) is 2.64. The zero-order valence-electron chi connectivity index (χ0n) is 22.0. The summed E-state index contributed by atoms with van der Waals surface area (Å²) in [5.74, 6) is -2.84. The Labute approximate surface area is 229 Å². The van der Waals surface area contributed by atoms with Gasteiger partial charge in [-0.3, -0.25) is 9.69 Å². The quantitative estimate of drug-likeness (QED) is 0.290. The molecule has 1 N–H and O–H groups in total. The molecule has 2 atom stereocenters. The highest BCUT2D eigenvalue weighted by Gasteiger charge is 2.31. The minimum Gasteiger partial charge on any atom is -0.479 e. The summed E-state index contributed by atoms with van der Waals surface area (Å²) in [6, 6.07) is 15.5. The first-order valence-corrected chi connectivity index (χ1v) is 13.0. The fourth-order valence-electron chi connectivity index (χ4n) is 4.63. The van der Waals surface area contributed by atoms with Gasteiger partial charge in [-0.15, -0.1) is 0 Å². The maximum atomic E-state index is 13.9. The molecule has 214 valence electrons. The van der Waals surface area contributed by atoms with E-state index < -0.39 is 35.4 Å². The van der Waals surface area contributed by atoms with Gasteiger partial charge in [0.25, 0.3) is 5.91 Å². The van der Waals surface area contributed by atoms with Crippen LogP contribution in [0.15, 0.2) is 66.7 Å².